The average molecular weight is 408 g/mol. The summed E-state index contributed by atoms with van der Waals surface area (Å²) in [5.41, 5.74) is 1.71. The SMILES string of the molecule is O=C(C[C@H]1CC[C@@H](c2ccc3c(c2)OC(F)(F)O3)CC1)Nc1ccc(Cl)cc1. The molecule has 1 aliphatic heterocycles. The van der Waals surface area contributed by atoms with E-state index < -0.39 is 6.29 Å². The third-order valence-electron chi connectivity index (χ3n) is 5.35. The fraction of sp³-hybridized carbons (Fsp3) is 0.381. The fourth-order valence-electron chi connectivity index (χ4n) is 3.93. The van der Waals surface area contributed by atoms with Crippen molar-refractivity contribution in [1.82, 2.24) is 0 Å². The molecule has 148 valence electrons. The van der Waals surface area contributed by atoms with Gasteiger partial charge in [0, 0.05) is 17.1 Å². The second-order valence-corrected chi connectivity index (χ2v) is 7.79. The lowest BCUT2D eigenvalue weighted by molar-refractivity contribution is -0.286. The molecule has 4 nitrogen and oxygen atoms in total. The lowest BCUT2D eigenvalue weighted by Gasteiger charge is -2.28. The van der Waals surface area contributed by atoms with Crippen molar-refractivity contribution in [2.24, 2.45) is 5.92 Å². The van der Waals surface area contributed by atoms with Crippen LogP contribution < -0.4 is 14.8 Å². The van der Waals surface area contributed by atoms with Crippen LogP contribution in [0.1, 0.15) is 43.6 Å². The topological polar surface area (TPSA) is 47.6 Å². The van der Waals surface area contributed by atoms with E-state index in [-0.39, 0.29) is 23.3 Å². The van der Waals surface area contributed by atoms with Gasteiger partial charge in [0.2, 0.25) is 5.91 Å². The number of hydrogen-bond acceptors (Lipinski definition) is 3. The lowest BCUT2D eigenvalue weighted by atomic mass is 9.77. The van der Waals surface area contributed by atoms with Crippen molar-refractivity contribution in [2.45, 2.75) is 44.3 Å². The van der Waals surface area contributed by atoms with E-state index in [1.807, 2.05) is 6.07 Å². The molecule has 0 bridgehead atoms. The number of alkyl halides is 2. The van der Waals surface area contributed by atoms with Crippen LogP contribution in [0.2, 0.25) is 5.02 Å². The van der Waals surface area contributed by atoms with Crippen molar-refractivity contribution in [2.75, 3.05) is 5.32 Å². The third kappa shape index (κ3) is 4.38. The van der Waals surface area contributed by atoms with Gasteiger partial charge < -0.3 is 14.8 Å². The summed E-state index contributed by atoms with van der Waals surface area (Å²) in [5, 5.41) is 3.52. The second-order valence-electron chi connectivity index (χ2n) is 7.35. The molecule has 0 atom stereocenters. The van der Waals surface area contributed by atoms with Crippen LogP contribution in [0.25, 0.3) is 0 Å². The number of hydrogen-bond donors (Lipinski definition) is 1. The molecule has 0 spiro atoms. The summed E-state index contributed by atoms with van der Waals surface area (Å²) in [6, 6.07) is 12.0. The summed E-state index contributed by atoms with van der Waals surface area (Å²) < 4.78 is 35.3. The zero-order valence-corrected chi connectivity index (χ0v) is 15.8. The van der Waals surface area contributed by atoms with Crippen LogP contribution in [0, 0.1) is 5.92 Å². The molecule has 0 saturated heterocycles. The zero-order valence-electron chi connectivity index (χ0n) is 15.1. The van der Waals surface area contributed by atoms with Crippen LogP contribution in [0.4, 0.5) is 14.5 Å². The minimum atomic E-state index is -3.59. The van der Waals surface area contributed by atoms with Crippen molar-refractivity contribution in [3.8, 4) is 11.5 Å². The molecule has 4 rings (SSSR count). The molecule has 0 aromatic heterocycles. The molecule has 7 heteroatoms. The first-order chi connectivity index (χ1) is 13.4. The van der Waals surface area contributed by atoms with Crippen LogP contribution >= 0.6 is 11.6 Å². The van der Waals surface area contributed by atoms with Crippen molar-refractivity contribution in [3.63, 3.8) is 0 Å². The van der Waals surface area contributed by atoms with E-state index in [2.05, 4.69) is 14.8 Å². The molecular formula is C21H20ClF2NO3. The number of carbonyl (C=O) groups excluding carboxylic acids is 1. The highest BCUT2D eigenvalue weighted by atomic mass is 35.5. The second kappa shape index (κ2) is 7.59. The Morgan fingerprint density at radius 1 is 1.04 bits per heavy atom. The number of amides is 1. The average Bonchev–Trinajstić information content (AvgIpc) is 2.97. The largest absolute Gasteiger partial charge is 0.586 e. The standard InChI is InChI=1S/C21H20ClF2NO3/c22-16-6-8-17(9-7-16)25-20(26)11-13-1-3-14(4-2-13)15-5-10-18-19(12-15)28-21(23,24)27-18/h5-10,12-14H,1-4,11H2,(H,25,26)/t13-,14+. The van der Waals surface area contributed by atoms with Crippen LogP contribution in [-0.4, -0.2) is 12.2 Å². The molecule has 2 aromatic carbocycles. The Hall–Kier alpha value is -2.34. The number of benzene rings is 2. The maximum absolute atomic E-state index is 13.2. The van der Waals surface area contributed by atoms with Gasteiger partial charge in [-0.3, -0.25) is 4.79 Å². The van der Waals surface area contributed by atoms with Crippen molar-refractivity contribution in [3.05, 3.63) is 53.1 Å². The number of nitrogens with one attached hydrogen (secondary N) is 1. The van der Waals surface area contributed by atoms with Crippen LogP contribution in [0.3, 0.4) is 0 Å². The highest BCUT2D eigenvalue weighted by Gasteiger charge is 2.43. The molecule has 1 amide bonds. The van der Waals surface area contributed by atoms with E-state index in [4.69, 9.17) is 11.6 Å². The molecule has 2 aliphatic rings. The Morgan fingerprint density at radius 2 is 1.71 bits per heavy atom. The van der Waals surface area contributed by atoms with E-state index in [1.54, 1.807) is 30.3 Å². The van der Waals surface area contributed by atoms with Gasteiger partial charge in [-0.25, -0.2) is 0 Å². The summed E-state index contributed by atoms with van der Waals surface area (Å²) in [5.74, 6) is 0.755. The summed E-state index contributed by atoms with van der Waals surface area (Å²) in [7, 11) is 0. The van der Waals surface area contributed by atoms with Gasteiger partial charge in [-0.15, -0.1) is 8.78 Å². The van der Waals surface area contributed by atoms with Crippen LogP contribution in [0.15, 0.2) is 42.5 Å². The maximum Gasteiger partial charge on any atom is 0.586 e. The monoisotopic (exact) mass is 407 g/mol. The maximum atomic E-state index is 13.2. The number of anilines is 1. The first-order valence-corrected chi connectivity index (χ1v) is 9.71. The Bertz CT molecular complexity index is 864. The highest BCUT2D eigenvalue weighted by molar-refractivity contribution is 6.30. The third-order valence-corrected chi connectivity index (χ3v) is 5.60. The minimum absolute atomic E-state index is 0.00363. The van der Waals surface area contributed by atoms with E-state index in [9.17, 15) is 13.6 Å². The van der Waals surface area contributed by atoms with Gasteiger partial charge in [0.1, 0.15) is 0 Å². The molecule has 1 fully saturated rings. The number of fused-ring (bicyclic) bond motifs is 1. The number of rotatable bonds is 4. The van der Waals surface area contributed by atoms with Crippen molar-refractivity contribution in [1.29, 1.82) is 0 Å². The molecule has 1 heterocycles. The number of carbonyl (C=O) groups is 1. The van der Waals surface area contributed by atoms with Gasteiger partial charge in [-0.05, 0) is 79.5 Å². The Kier molecular flexibility index (Phi) is 5.15. The summed E-state index contributed by atoms with van der Waals surface area (Å²) in [4.78, 5) is 12.3. The molecule has 1 aliphatic carbocycles. The summed E-state index contributed by atoms with van der Waals surface area (Å²) >= 11 is 5.85. The molecular weight excluding hydrogens is 388 g/mol. The van der Waals surface area contributed by atoms with Gasteiger partial charge in [0.25, 0.3) is 0 Å². The molecule has 2 aromatic rings. The smallest absolute Gasteiger partial charge is 0.395 e. The molecule has 0 radical (unpaired) electrons. The van der Waals surface area contributed by atoms with E-state index in [0.717, 1.165) is 36.9 Å². The predicted octanol–water partition coefficient (Wildman–Crippen LogP) is 5.96. The Morgan fingerprint density at radius 3 is 2.43 bits per heavy atom. The molecule has 28 heavy (non-hydrogen) atoms. The van der Waals surface area contributed by atoms with E-state index in [1.165, 1.54) is 6.07 Å². The van der Waals surface area contributed by atoms with Gasteiger partial charge in [-0.1, -0.05) is 17.7 Å². The number of ether oxygens (including phenoxy) is 2. The van der Waals surface area contributed by atoms with E-state index >= 15 is 0 Å². The fourth-order valence-corrected chi connectivity index (χ4v) is 4.05. The molecule has 1 saturated carbocycles. The molecule has 0 unspecified atom stereocenters. The van der Waals surface area contributed by atoms with Crippen LogP contribution in [0.5, 0.6) is 11.5 Å². The lowest BCUT2D eigenvalue weighted by Crippen LogP contribution is -2.25. The van der Waals surface area contributed by atoms with Gasteiger partial charge in [0.15, 0.2) is 11.5 Å². The van der Waals surface area contributed by atoms with Gasteiger partial charge >= 0.3 is 6.29 Å². The zero-order chi connectivity index (χ0) is 19.7. The number of halogens is 3. The molecule has 1 N–H and O–H groups in total. The minimum Gasteiger partial charge on any atom is -0.395 e. The first-order valence-electron chi connectivity index (χ1n) is 9.33. The Balaban J connectivity index is 1.29. The van der Waals surface area contributed by atoms with Crippen LogP contribution in [-0.2, 0) is 4.79 Å². The van der Waals surface area contributed by atoms with Gasteiger partial charge in [0.05, 0.1) is 0 Å². The Labute approximate surface area is 166 Å². The van der Waals surface area contributed by atoms with Crippen molar-refractivity contribution < 1.29 is 23.0 Å². The van der Waals surface area contributed by atoms with E-state index in [0.29, 0.717) is 17.4 Å². The first kappa shape index (κ1) is 19.0. The highest BCUT2D eigenvalue weighted by Crippen LogP contribution is 2.44. The summed E-state index contributed by atoms with van der Waals surface area (Å²) in [6.45, 7) is 0. The predicted molar refractivity (Wildman–Crippen MR) is 102 cm³/mol. The van der Waals surface area contributed by atoms with Crippen molar-refractivity contribution >= 4 is 23.2 Å². The summed E-state index contributed by atoms with van der Waals surface area (Å²) in [6.07, 6.45) is 0.551. The van der Waals surface area contributed by atoms with Gasteiger partial charge in [-0.2, -0.15) is 0 Å². The normalized spacial score (nSPS) is 22.7. The quantitative estimate of drug-likeness (QED) is 0.679.